The summed E-state index contributed by atoms with van der Waals surface area (Å²) in [4.78, 5) is 21.8. The average Bonchev–Trinajstić information content (AvgIpc) is 3.66. The molecule has 0 atom stereocenters. The van der Waals surface area contributed by atoms with Crippen LogP contribution in [-0.2, 0) is 0 Å². The zero-order chi connectivity index (χ0) is 28.3. The number of aromatic nitrogens is 6. The highest BCUT2D eigenvalue weighted by Gasteiger charge is 2.16. The molecular formula is C31H28N8O2. The van der Waals surface area contributed by atoms with Gasteiger partial charge in [0.05, 0.1) is 28.8 Å². The highest BCUT2D eigenvalue weighted by molar-refractivity contribution is 5.99. The number of nitrogens with one attached hydrogen (secondary N) is 3. The van der Waals surface area contributed by atoms with Gasteiger partial charge in [0.15, 0.2) is 0 Å². The van der Waals surface area contributed by atoms with Crippen LogP contribution in [0.4, 0.5) is 16.3 Å². The Balaban J connectivity index is 1.18. The van der Waals surface area contributed by atoms with Crippen LogP contribution in [0.3, 0.4) is 0 Å². The van der Waals surface area contributed by atoms with E-state index in [9.17, 15) is 4.79 Å². The highest BCUT2D eigenvalue weighted by Crippen LogP contribution is 2.30. The SMILES string of the molecule is Cc1cc(NC(=O)Nc2cc(C(C)C)nn2-c2ccc3ncccc3c2)ccc1Oc1ccnc(-c2cn[nH]c2)c1. The van der Waals surface area contributed by atoms with Crippen molar-refractivity contribution in [3.05, 3.63) is 103 Å². The van der Waals surface area contributed by atoms with Crippen molar-refractivity contribution in [3.8, 4) is 28.4 Å². The number of hydrogen-bond donors (Lipinski definition) is 3. The first-order valence-corrected chi connectivity index (χ1v) is 13.2. The van der Waals surface area contributed by atoms with Crippen molar-refractivity contribution in [2.45, 2.75) is 26.7 Å². The zero-order valence-corrected chi connectivity index (χ0v) is 22.8. The fraction of sp³-hybridized carbons (Fsp3) is 0.129. The number of benzene rings is 2. The summed E-state index contributed by atoms with van der Waals surface area (Å²) in [6.45, 7) is 6.06. The van der Waals surface area contributed by atoms with E-state index in [2.05, 4.69) is 44.6 Å². The fourth-order valence-electron chi connectivity index (χ4n) is 4.43. The van der Waals surface area contributed by atoms with Crippen LogP contribution in [0.5, 0.6) is 11.5 Å². The van der Waals surface area contributed by atoms with E-state index in [-0.39, 0.29) is 11.9 Å². The molecular weight excluding hydrogens is 516 g/mol. The third kappa shape index (κ3) is 5.62. The van der Waals surface area contributed by atoms with E-state index in [4.69, 9.17) is 9.84 Å². The number of H-pyrrole nitrogens is 1. The van der Waals surface area contributed by atoms with Gasteiger partial charge in [-0.25, -0.2) is 9.48 Å². The predicted molar refractivity (Wildman–Crippen MR) is 159 cm³/mol. The van der Waals surface area contributed by atoms with E-state index in [1.54, 1.807) is 41.6 Å². The van der Waals surface area contributed by atoms with E-state index in [1.807, 2.05) is 61.5 Å². The number of hydrogen-bond acceptors (Lipinski definition) is 6. The van der Waals surface area contributed by atoms with Gasteiger partial charge in [-0.05, 0) is 66.9 Å². The molecule has 0 saturated heterocycles. The molecule has 0 spiro atoms. The van der Waals surface area contributed by atoms with E-state index < -0.39 is 0 Å². The van der Waals surface area contributed by atoms with E-state index in [0.29, 0.717) is 23.0 Å². The van der Waals surface area contributed by atoms with Gasteiger partial charge in [0.1, 0.15) is 17.3 Å². The van der Waals surface area contributed by atoms with Gasteiger partial charge in [-0.2, -0.15) is 10.2 Å². The van der Waals surface area contributed by atoms with Gasteiger partial charge in [0.25, 0.3) is 0 Å². The summed E-state index contributed by atoms with van der Waals surface area (Å²) >= 11 is 0. The number of carbonyl (C=O) groups is 1. The molecule has 0 fully saturated rings. The molecule has 0 radical (unpaired) electrons. The standard InChI is InChI=1S/C31H28N8O2/c1-19(2)27-16-30(39(38-27)24-7-8-26-21(14-24)5-4-11-32-26)37-31(40)36-23-6-9-29(20(3)13-23)41-25-10-12-33-28(15-25)22-17-34-35-18-22/h4-19H,1-3H3,(H,34,35)(H2,36,37,40). The van der Waals surface area contributed by atoms with Gasteiger partial charge in [-0.3, -0.25) is 20.4 Å². The Bertz CT molecular complexity index is 1840. The molecule has 2 amide bonds. The molecule has 10 heteroatoms. The molecule has 0 bridgehead atoms. The van der Waals surface area contributed by atoms with Crippen molar-refractivity contribution >= 4 is 28.4 Å². The summed E-state index contributed by atoms with van der Waals surface area (Å²) in [7, 11) is 0. The Morgan fingerprint density at radius 2 is 1.88 bits per heavy atom. The summed E-state index contributed by atoms with van der Waals surface area (Å²) in [5, 5.41) is 18.4. The van der Waals surface area contributed by atoms with Gasteiger partial charge in [-0.15, -0.1) is 0 Å². The van der Waals surface area contributed by atoms with E-state index >= 15 is 0 Å². The maximum Gasteiger partial charge on any atom is 0.324 e. The molecule has 3 N–H and O–H groups in total. The lowest BCUT2D eigenvalue weighted by atomic mass is 10.1. The topological polar surface area (TPSA) is 123 Å². The van der Waals surface area contributed by atoms with Crippen molar-refractivity contribution in [3.63, 3.8) is 0 Å². The predicted octanol–water partition coefficient (Wildman–Crippen LogP) is 7.07. The Morgan fingerprint density at radius 1 is 0.976 bits per heavy atom. The Labute approximate surface area is 236 Å². The number of urea groups is 1. The normalized spacial score (nSPS) is 11.1. The van der Waals surface area contributed by atoms with Crippen LogP contribution in [0, 0.1) is 6.92 Å². The second-order valence-corrected chi connectivity index (χ2v) is 9.93. The van der Waals surface area contributed by atoms with Crippen LogP contribution in [0.15, 0.2) is 91.5 Å². The smallest absolute Gasteiger partial charge is 0.324 e. The first-order valence-electron chi connectivity index (χ1n) is 13.2. The van der Waals surface area contributed by atoms with Crippen LogP contribution in [0.1, 0.15) is 31.0 Å². The van der Waals surface area contributed by atoms with Gasteiger partial charge >= 0.3 is 6.03 Å². The molecule has 204 valence electrons. The van der Waals surface area contributed by atoms with Crippen molar-refractivity contribution in [1.82, 2.24) is 29.9 Å². The maximum absolute atomic E-state index is 13.1. The summed E-state index contributed by atoms with van der Waals surface area (Å²) in [5.41, 5.74) is 5.72. The number of rotatable bonds is 7. The minimum absolute atomic E-state index is 0.188. The Hall–Kier alpha value is -5.51. The molecule has 0 saturated carbocycles. The van der Waals surface area contributed by atoms with Crippen molar-refractivity contribution in [2.24, 2.45) is 0 Å². The van der Waals surface area contributed by atoms with E-state index in [1.165, 1.54) is 0 Å². The van der Waals surface area contributed by atoms with Crippen LogP contribution >= 0.6 is 0 Å². The van der Waals surface area contributed by atoms with Gasteiger partial charge in [0.2, 0.25) is 0 Å². The van der Waals surface area contributed by atoms with Gasteiger partial charge in [0, 0.05) is 47.4 Å². The molecule has 4 heterocycles. The number of fused-ring (bicyclic) bond motifs is 1. The summed E-state index contributed by atoms with van der Waals surface area (Å²) in [6.07, 6.45) is 6.94. The van der Waals surface area contributed by atoms with Crippen LogP contribution in [0.2, 0.25) is 0 Å². The first kappa shape index (κ1) is 25.8. The molecule has 6 rings (SSSR count). The molecule has 2 aromatic carbocycles. The Morgan fingerprint density at radius 3 is 2.68 bits per heavy atom. The number of pyridine rings is 2. The number of nitrogens with zero attached hydrogens (tertiary/aromatic N) is 5. The van der Waals surface area contributed by atoms with Crippen LogP contribution in [0.25, 0.3) is 27.8 Å². The molecule has 0 aliphatic rings. The largest absolute Gasteiger partial charge is 0.457 e. The van der Waals surface area contributed by atoms with Crippen LogP contribution < -0.4 is 15.4 Å². The number of anilines is 2. The van der Waals surface area contributed by atoms with Crippen molar-refractivity contribution < 1.29 is 9.53 Å². The van der Waals surface area contributed by atoms with Crippen molar-refractivity contribution in [1.29, 1.82) is 0 Å². The summed E-state index contributed by atoms with van der Waals surface area (Å²) in [6, 6.07) is 20.4. The van der Waals surface area contributed by atoms with Crippen molar-refractivity contribution in [2.75, 3.05) is 10.6 Å². The van der Waals surface area contributed by atoms with E-state index in [0.717, 1.165) is 39.1 Å². The lowest BCUT2D eigenvalue weighted by molar-refractivity contribution is 0.262. The third-order valence-electron chi connectivity index (χ3n) is 6.58. The number of aryl methyl sites for hydroxylation is 1. The second kappa shape index (κ2) is 10.9. The molecule has 0 unspecified atom stereocenters. The average molecular weight is 545 g/mol. The number of carbonyl (C=O) groups excluding carboxylic acids is 1. The molecule has 4 aromatic heterocycles. The number of aromatic amines is 1. The molecule has 10 nitrogen and oxygen atoms in total. The van der Waals surface area contributed by atoms with Gasteiger partial charge in [-0.1, -0.05) is 19.9 Å². The summed E-state index contributed by atoms with van der Waals surface area (Å²) < 4.78 is 7.85. The second-order valence-electron chi connectivity index (χ2n) is 9.93. The third-order valence-corrected chi connectivity index (χ3v) is 6.58. The molecule has 0 aliphatic heterocycles. The zero-order valence-electron chi connectivity index (χ0n) is 22.8. The number of amides is 2. The molecule has 6 aromatic rings. The maximum atomic E-state index is 13.1. The summed E-state index contributed by atoms with van der Waals surface area (Å²) in [5.74, 6) is 2.08. The molecule has 41 heavy (non-hydrogen) atoms. The molecule has 0 aliphatic carbocycles. The monoisotopic (exact) mass is 544 g/mol. The highest BCUT2D eigenvalue weighted by atomic mass is 16.5. The number of ether oxygens (including phenoxy) is 1. The lowest BCUT2D eigenvalue weighted by Crippen LogP contribution is -2.21. The minimum atomic E-state index is -0.379. The Kier molecular flexibility index (Phi) is 6.87. The fourth-order valence-corrected chi connectivity index (χ4v) is 4.43. The van der Waals surface area contributed by atoms with Crippen LogP contribution in [-0.4, -0.2) is 36.0 Å². The van der Waals surface area contributed by atoms with Gasteiger partial charge < -0.3 is 10.1 Å². The first-order chi connectivity index (χ1) is 19.9. The lowest BCUT2D eigenvalue weighted by Gasteiger charge is -2.13. The quantitative estimate of drug-likeness (QED) is 0.197. The minimum Gasteiger partial charge on any atom is -0.457 e.